The summed E-state index contributed by atoms with van der Waals surface area (Å²) in [7, 11) is 2.72. The number of rotatable bonds is 4. The van der Waals surface area contributed by atoms with Crippen molar-refractivity contribution in [3.05, 3.63) is 17.5 Å². The summed E-state index contributed by atoms with van der Waals surface area (Å²) in [6.45, 7) is -0.260. The lowest BCUT2D eigenvalue weighted by Crippen LogP contribution is -2.29. The van der Waals surface area contributed by atoms with E-state index >= 15 is 0 Å². The van der Waals surface area contributed by atoms with E-state index in [0.717, 1.165) is 9.58 Å². The second-order valence-corrected chi connectivity index (χ2v) is 5.16. The van der Waals surface area contributed by atoms with Crippen LogP contribution in [0.1, 0.15) is 17.7 Å². The van der Waals surface area contributed by atoms with E-state index in [-0.39, 0.29) is 18.5 Å². The summed E-state index contributed by atoms with van der Waals surface area (Å²) in [6, 6.07) is 0. The molecule has 116 valence electrons. The van der Waals surface area contributed by atoms with E-state index < -0.39 is 35.6 Å². The highest BCUT2D eigenvalue weighted by Gasteiger charge is 2.49. The van der Waals surface area contributed by atoms with Crippen LogP contribution in [-0.2, 0) is 29.4 Å². The summed E-state index contributed by atoms with van der Waals surface area (Å²) >= 11 is 0. The van der Waals surface area contributed by atoms with Crippen LogP contribution in [0.25, 0.3) is 0 Å². The molecule has 21 heavy (non-hydrogen) atoms. The summed E-state index contributed by atoms with van der Waals surface area (Å²) in [5.74, 6) is -2.88. The third-order valence-corrected chi connectivity index (χ3v) is 3.38. The van der Waals surface area contributed by atoms with Gasteiger partial charge in [0.05, 0.1) is 11.8 Å². The molecule has 1 saturated carbocycles. The highest BCUT2D eigenvalue weighted by molar-refractivity contribution is 5.89. The minimum Gasteiger partial charge on any atom is -0.481 e. The molecule has 2 rings (SSSR count). The van der Waals surface area contributed by atoms with Gasteiger partial charge in [-0.25, -0.2) is 0 Å². The minimum atomic E-state index is -4.59. The second kappa shape index (κ2) is 5.05. The number of halogens is 3. The summed E-state index contributed by atoms with van der Waals surface area (Å²) in [4.78, 5) is 23.8. The predicted octanol–water partition coefficient (Wildman–Crippen LogP) is 1.12. The SMILES string of the molecule is CN(Cc1cn(C)nc1C(F)(F)F)C(=O)[C@@H]1C[C@H]1C(=O)O. The van der Waals surface area contributed by atoms with Crippen LogP contribution >= 0.6 is 0 Å². The molecule has 0 spiro atoms. The Hall–Kier alpha value is -2.06. The molecule has 1 fully saturated rings. The van der Waals surface area contributed by atoms with Crippen molar-refractivity contribution in [2.45, 2.75) is 19.1 Å². The molecular weight excluding hydrogens is 291 g/mol. The molecule has 2 atom stereocenters. The Morgan fingerprint density at radius 3 is 2.57 bits per heavy atom. The molecule has 1 amide bonds. The summed E-state index contributed by atoms with van der Waals surface area (Å²) < 4.78 is 39.4. The number of aliphatic carboxylic acids is 1. The summed E-state index contributed by atoms with van der Waals surface area (Å²) in [5.41, 5.74) is -1.15. The fourth-order valence-corrected chi connectivity index (χ4v) is 2.25. The van der Waals surface area contributed by atoms with Crippen molar-refractivity contribution >= 4 is 11.9 Å². The lowest BCUT2D eigenvalue weighted by atomic mass is 10.2. The van der Waals surface area contributed by atoms with E-state index in [0.29, 0.717) is 0 Å². The lowest BCUT2D eigenvalue weighted by Gasteiger charge is -2.17. The number of amides is 1. The molecule has 1 aliphatic rings. The summed E-state index contributed by atoms with van der Waals surface area (Å²) in [5, 5.41) is 12.1. The Labute approximate surface area is 118 Å². The number of carbonyl (C=O) groups excluding carboxylic acids is 1. The van der Waals surface area contributed by atoms with E-state index in [1.54, 1.807) is 0 Å². The molecule has 1 aromatic heterocycles. The Morgan fingerprint density at radius 2 is 2.10 bits per heavy atom. The molecule has 0 bridgehead atoms. The zero-order chi connectivity index (χ0) is 15.9. The number of alkyl halides is 3. The third kappa shape index (κ3) is 3.17. The number of aromatic nitrogens is 2. The molecule has 1 aromatic rings. The van der Waals surface area contributed by atoms with Gasteiger partial charge in [-0.3, -0.25) is 14.3 Å². The van der Waals surface area contributed by atoms with Gasteiger partial charge < -0.3 is 10.0 Å². The Bertz CT molecular complexity index is 582. The molecule has 1 heterocycles. The van der Waals surface area contributed by atoms with Crippen LogP contribution in [-0.4, -0.2) is 38.7 Å². The largest absolute Gasteiger partial charge is 0.481 e. The number of hydrogen-bond donors (Lipinski definition) is 1. The van der Waals surface area contributed by atoms with Crippen LogP contribution in [0.3, 0.4) is 0 Å². The molecule has 6 nitrogen and oxygen atoms in total. The van der Waals surface area contributed by atoms with Crippen molar-refractivity contribution in [1.29, 1.82) is 0 Å². The molecule has 0 aromatic carbocycles. The van der Waals surface area contributed by atoms with Crippen LogP contribution in [0, 0.1) is 11.8 Å². The van der Waals surface area contributed by atoms with E-state index in [9.17, 15) is 22.8 Å². The fraction of sp³-hybridized carbons (Fsp3) is 0.583. The molecule has 9 heteroatoms. The van der Waals surface area contributed by atoms with Crippen LogP contribution < -0.4 is 0 Å². The molecule has 0 unspecified atom stereocenters. The monoisotopic (exact) mass is 305 g/mol. The van der Waals surface area contributed by atoms with Crippen LogP contribution in [0.15, 0.2) is 6.20 Å². The van der Waals surface area contributed by atoms with Gasteiger partial charge in [-0.05, 0) is 6.42 Å². The first-order valence-corrected chi connectivity index (χ1v) is 6.18. The average Bonchev–Trinajstić information content (AvgIpc) is 3.05. The summed E-state index contributed by atoms with van der Waals surface area (Å²) in [6.07, 6.45) is -3.16. The number of carboxylic acids is 1. The fourth-order valence-electron chi connectivity index (χ4n) is 2.25. The molecule has 0 radical (unpaired) electrons. The maximum atomic E-state index is 12.8. The topological polar surface area (TPSA) is 75.4 Å². The zero-order valence-electron chi connectivity index (χ0n) is 11.4. The van der Waals surface area contributed by atoms with Gasteiger partial charge in [-0.15, -0.1) is 0 Å². The van der Waals surface area contributed by atoms with E-state index in [2.05, 4.69) is 5.10 Å². The second-order valence-electron chi connectivity index (χ2n) is 5.16. The van der Waals surface area contributed by atoms with E-state index in [1.807, 2.05) is 0 Å². The predicted molar refractivity (Wildman–Crippen MR) is 63.9 cm³/mol. The van der Waals surface area contributed by atoms with Crippen molar-refractivity contribution < 1.29 is 27.9 Å². The molecule has 1 N–H and O–H groups in total. The Balaban J connectivity index is 2.09. The lowest BCUT2D eigenvalue weighted by molar-refractivity contribution is -0.143. The van der Waals surface area contributed by atoms with Crippen LogP contribution in [0.5, 0.6) is 0 Å². The van der Waals surface area contributed by atoms with Crippen molar-refractivity contribution in [2.75, 3.05) is 7.05 Å². The van der Waals surface area contributed by atoms with Gasteiger partial charge in [-0.2, -0.15) is 18.3 Å². The van der Waals surface area contributed by atoms with Gasteiger partial charge in [-0.1, -0.05) is 0 Å². The minimum absolute atomic E-state index is 0.117. The van der Waals surface area contributed by atoms with E-state index in [4.69, 9.17) is 5.11 Å². The normalized spacial score (nSPS) is 21.2. The van der Waals surface area contributed by atoms with Crippen molar-refractivity contribution in [1.82, 2.24) is 14.7 Å². The van der Waals surface area contributed by atoms with Crippen LogP contribution in [0.2, 0.25) is 0 Å². The first kappa shape index (κ1) is 15.3. The van der Waals surface area contributed by atoms with E-state index in [1.165, 1.54) is 20.3 Å². The maximum absolute atomic E-state index is 12.8. The van der Waals surface area contributed by atoms with Crippen molar-refractivity contribution in [2.24, 2.45) is 18.9 Å². The van der Waals surface area contributed by atoms with Gasteiger partial charge in [0.25, 0.3) is 0 Å². The third-order valence-electron chi connectivity index (χ3n) is 3.38. The first-order valence-electron chi connectivity index (χ1n) is 6.18. The standard InChI is InChI=1S/C12H14F3N3O3/c1-17(10(19)7-3-8(7)11(20)21)4-6-5-18(2)16-9(6)12(13,14)15/h5,7-8H,3-4H2,1-2H3,(H,20,21)/t7-,8-/m1/s1. The number of carboxylic acid groups (broad SMARTS) is 1. The average molecular weight is 305 g/mol. The zero-order valence-corrected chi connectivity index (χ0v) is 11.4. The number of hydrogen-bond acceptors (Lipinski definition) is 3. The molecule has 0 saturated heterocycles. The maximum Gasteiger partial charge on any atom is 0.435 e. The van der Waals surface area contributed by atoms with Gasteiger partial charge in [0.1, 0.15) is 0 Å². The van der Waals surface area contributed by atoms with Crippen LogP contribution in [0.4, 0.5) is 13.2 Å². The Kier molecular flexibility index (Phi) is 3.68. The Morgan fingerprint density at radius 1 is 1.48 bits per heavy atom. The highest BCUT2D eigenvalue weighted by atomic mass is 19.4. The molecular formula is C12H14F3N3O3. The quantitative estimate of drug-likeness (QED) is 0.904. The molecule has 0 aliphatic heterocycles. The van der Waals surface area contributed by atoms with Gasteiger partial charge in [0, 0.05) is 32.4 Å². The van der Waals surface area contributed by atoms with Gasteiger partial charge in [0.15, 0.2) is 5.69 Å². The molecule has 1 aliphatic carbocycles. The number of nitrogens with zero attached hydrogens (tertiary/aromatic N) is 3. The van der Waals surface area contributed by atoms with Crippen molar-refractivity contribution in [3.63, 3.8) is 0 Å². The smallest absolute Gasteiger partial charge is 0.435 e. The number of aryl methyl sites for hydroxylation is 1. The van der Waals surface area contributed by atoms with Crippen molar-refractivity contribution in [3.8, 4) is 0 Å². The first-order chi connectivity index (χ1) is 9.61. The highest BCUT2D eigenvalue weighted by Crippen LogP contribution is 2.40. The van der Waals surface area contributed by atoms with Gasteiger partial charge in [0.2, 0.25) is 5.91 Å². The van der Waals surface area contributed by atoms with Gasteiger partial charge >= 0.3 is 12.1 Å². The number of carbonyl (C=O) groups is 2.